The van der Waals surface area contributed by atoms with Gasteiger partial charge in [0.1, 0.15) is 11.1 Å². The minimum Gasteiger partial charge on any atom is -0.326 e. The van der Waals surface area contributed by atoms with Crippen molar-refractivity contribution in [3.8, 4) is 0 Å². The SMILES string of the molecule is Cc1ccccc1NC(=O)C[C@@H]1SC(=NCc2ccc(F)cc2)NC1=O. The van der Waals surface area contributed by atoms with Gasteiger partial charge in [-0.05, 0) is 36.2 Å². The van der Waals surface area contributed by atoms with Crippen LogP contribution in [0.2, 0.25) is 0 Å². The van der Waals surface area contributed by atoms with Crippen molar-refractivity contribution in [2.45, 2.75) is 25.1 Å². The number of carbonyl (C=O) groups excluding carboxylic acids is 2. The van der Waals surface area contributed by atoms with E-state index in [-0.39, 0.29) is 24.1 Å². The highest BCUT2D eigenvalue weighted by Crippen LogP contribution is 2.24. The Morgan fingerprint density at radius 1 is 1.23 bits per heavy atom. The van der Waals surface area contributed by atoms with Gasteiger partial charge in [0.2, 0.25) is 11.8 Å². The normalized spacial score (nSPS) is 18.0. The summed E-state index contributed by atoms with van der Waals surface area (Å²) in [6.07, 6.45) is 0.0698. The number of amidine groups is 1. The van der Waals surface area contributed by atoms with Crippen LogP contribution in [0.25, 0.3) is 0 Å². The van der Waals surface area contributed by atoms with Crippen molar-refractivity contribution in [2.75, 3.05) is 5.32 Å². The van der Waals surface area contributed by atoms with Crippen LogP contribution in [-0.2, 0) is 16.1 Å². The van der Waals surface area contributed by atoms with E-state index in [0.29, 0.717) is 11.7 Å². The number of hydrogen-bond donors (Lipinski definition) is 2. The largest absolute Gasteiger partial charge is 0.326 e. The average molecular weight is 371 g/mol. The van der Waals surface area contributed by atoms with E-state index < -0.39 is 5.25 Å². The highest BCUT2D eigenvalue weighted by molar-refractivity contribution is 8.15. The van der Waals surface area contributed by atoms with Crippen molar-refractivity contribution >= 4 is 34.4 Å². The van der Waals surface area contributed by atoms with Gasteiger partial charge in [0, 0.05) is 12.1 Å². The first-order valence-corrected chi connectivity index (χ1v) is 9.01. The van der Waals surface area contributed by atoms with Crippen LogP contribution in [-0.4, -0.2) is 22.2 Å². The molecule has 2 aromatic carbocycles. The third-order valence-corrected chi connectivity index (χ3v) is 5.00. The van der Waals surface area contributed by atoms with Crippen LogP contribution in [0.1, 0.15) is 17.5 Å². The summed E-state index contributed by atoms with van der Waals surface area (Å²) in [6, 6.07) is 13.5. The van der Waals surface area contributed by atoms with Crippen LogP contribution in [0.3, 0.4) is 0 Å². The lowest BCUT2D eigenvalue weighted by Gasteiger charge is -2.09. The molecule has 0 bridgehead atoms. The Morgan fingerprint density at radius 3 is 2.69 bits per heavy atom. The van der Waals surface area contributed by atoms with Crippen molar-refractivity contribution in [1.29, 1.82) is 0 Å². The molecule has 134 valence electrons. The summed E-state index contributed by atoms with van der Waals surface area (Å²) in [7, 11) is 0. The summed E-state index contributed by atoms with van der Waals surface area (Å²) >= 11 is 1.24. The smallest absolute Gasteiger partial charge is 0.240 e. The number of nitrogens with one attached hydrogen (secondary N) is 2. The first-order chi connectivity index (χ1) is 12.5. The van der Waals surface area contributed by atoms with Gasteiger partial charge in [0.15, 0.2) is 5.17 Å². The third kappa shape index (κ3) is 4.70. The van der Waals surface area contributed by atoms with Crippen LogP contribution in [0.5, 0.6) is 0 Å². The summed E-state index contributed by atoms with van der Waals surface area (Å²) in [5.41, 5.74) is 2.55. The first-order valence-electron chi connectivity index (χ1n) is 8.13. The molecule has 0 spiro atoms. The predicted molar refractivity (Wildman–Crippen MR) is 101 cm³/mol. The molecule has 1 atom stereocenters. The van der Waals surface area contributed by atoms with Crippen LogP contribution in [0, 0.1) is 12.7 Å². The average Bonchev–Trinajstić information content (AvgIpc) is 2.96. The minimum atomic E-state index is -0.508. The van der Waals surface area contributed by atoms with Gasteiger partial charge in [-0.2, -0.15) is 0 Å². The molecule has 2 amide bonds. The molecule has 5 nitrogen and oxygen atoms in total. The lowest BCUT2D eigenvalue weighted by atomic mass is 10.2. The second-order valence-corrected chi connectivity index (χ2v) is 7.10. The van der Waals surface area contributed by atoms with Crippen molar-refractivity contribution < 1.29 is 14.0 Å². The van der Waals surface area contributed by atoms with E-state index in [1.807, 2.05) is 31.2 Å². The van der Waals surface area contributed by atoms with E-state index in [4.69, 9.17) is 0 Å². The van der Waals surface area contributed by atoms with Gasteiger partial charge in [-0.1, -0.05) is 42.1 Å². The Balaban J connectivity index is 1.55. The Hall–Kier alpha value is -2.67. The number of aliphatic imine (C=N–C) groups is 1. The number of rotatable bonds is 5. The Bertz CT molecular complexity index is 852. The highest BCUT2D eigenvalue weighted by Gasteiger charge is 2.32. The number of thioether (sulfide) groups is 1. The number of nitrogens with zero attached hydrogens (tertiary/aromatic N) is 1. The van der Waals surface area contributed by atoms with E-state index in [0.717, 1.165) is 16.8 Å². The zero-order chi connectivity index (χ0) is 18.5. The molecule has 0 saturated carbocycles. The summed E-state index contributed by atoms with van der Waals surface area (Å²) < 4.78 is 12.9. The van der Waals surface area contributed by atoms with E-state index in [9.17, 15) is 14.0 Å². The van der Waals surface area contributed by atoms with Gasteiger partial charge in [0.25, 0.3) is 0 Å². The molecule has 1 saturated heterocycles. The monoisotopic (exact) mass is 371 g/mol. The maximum atomic E-state index is 12.9. The van der Waals surface area contributed by atoms with Gasteiger partial charge in [0.05, 0.1) is 6.54 Å². The molecule has 0 aromatic heterocycles. The van der Waals surface area contributed by atoms with Crippen LogP contribution >= 0.6 is 11.8 Å². The molecule has 0 radical (unpaired) electrons. The summed E-state index contributed by atoms with van der Waals surface area (Å²) in [5.74, 6) is -0.746. The van der Waals surface area contributed by atoms with Crippen LogP contribution in [0.4, 0.5) is 10.1 Å². The van der Waals surface area contributed by atoms with Crippen molar-refractivity contribution in [1.82, 2.24) is 5.32 Å². The number of anilines is 1. The fraction of sp³-hybridized carbons (Fsp3) is 0.211. The molecule has 2 N–H and O–H groups in total. The second kappa shape index (κ2) is 8.14. The van der Waals surface area contributed by atoms with E-state index in [1.165, 1.54) is 23.9 Å². The number of aryl methyl sites for hydroxylation is 1. The molecular weight excluding hydrogens is 353 g/mol. The molecule has 2 aromatic rings. The van der Waals surface area contributed by atoms with Crippen LogP contribution < -0.4 is 10.6 Å². The molecule has 1 aliphatic rings. The lowest BCUT2D eigenvalue weighted by molar-refractivity contribution is -0.122. The molecule has 1 heterocycles. The van der Waals surface area contributed by atoms with E-state index in [2.05, 4.69) is 15.6 Å². The molecule has 1 aliphatic heterocycles. The molecule has 0 aliphatic carbocycles. The molecule has 7 heteroatoms. The summed E-state index contributed by atoms with van der Waals surface area (Å²) in [6.45, 7) is 2.25. The van der Waals surface area contributed by atoms with Crippen molar-refractivity contribution in [3.63, 3.8) is 0 Å². The maximum Gasteiger partial charge on any atom is 0.240 e. The van der Waals surface area contributed by atoms with E-state index >= 15 is 0 Å². The minimum absolute atomic E-state index is 0.0698. The van der Waals surface area contributed by atoms with Gasteiger partial charge in [-0.15, -0.1) is 0 Å². The Labute approximate surface area is 155 Å². The zero-order valence-corrected chi connectivity index (χ0v) is 15.0. The lowest BCUT2D eigenvalue weighted by Crippen LogP contribution is -2.28. The number of hydrogen-bond acceptors (Lipinski definition) is 4. The molecule has 26 heavy (non-hydrogen) atoms. The summed E-state index contributed by atoms with van der Waals surface area (Å²) in [4.78, 5) is 28.6. The second-order valence-electron chi connectivity index (χ2n) is 5.91. The highest BCUT2D eigenvalue weighted by atomic mass is 32.2. The Morgan fingerprint density at radius 2 is 1.96 bits per heavy atom. The van der Waals surface area contributed by atoms with Crippen molar-refractivity contribution in [2.24, 2.45) is 4.99 Å². The van der Waals surface area contributed by atoms with Gasteiger partial charge in [-0.25, -0.2) is 4.39 Å². The third-order valence-electron chi connectivity index (χ3n) is 3.88. The molecule has 1 fully saturated rings. The number of halogens is 1. The number of para-hydroxylation sites is 1. The number of carbonyl (C=O) groups is 2. The predicted octanol–water partition coefficient (Wildman–Crippen LogP) is 3.25. The zero-order valence-electron chi connectivity index (χ0n) is 14.2. The number of amides is 2. The molecular formula is C19H18FN3O2S. The fourth-order valence-corrected chi connectivity index (χ4v) is 3.42. The van der Waals surface area contributed by atoms with Gasteiger partial charge >= 0.3 is 0 Å². The molecule has 0 unspecified atom stereocenters. The van der Waals surface area contributed by atoms with Gasteiger partial charge in [-0.3, -0.25) is 14.6 Å². The quantitative estimate of drug-likeness (QED) is 0.848. The van der Waals surface area contributed by atoms with Crippen molar-refractivity contribution in [3.05, 3.63) is 65.5 Å². The fourth-order valence-electron chi connectivity index (χ4n) is 2.45. The van der Waals surface area contributed by atoms with Gasteiger partial charge < -0.3 is 10.6 Å². The Kier molecular flexibility index (Phi) is 5.68. The summed E-state index contributed by atoms with van der Waals surface area (Å²) in [5, 5.41) is 5.49. The van der Waals surface area contributed by atoms with Crippen LogP contribution in [0.15, 0.2) is 53.5 Å². The first kappa shape index (κ1) is 18.1. The van der Waals surface area contributed by atoms with E-state index in [1.54, 1.807) is 12.1 Å². The maximum absolute atomic E-state index is 12.9. The topological polar surface area (TPSA) is 70.6 Å². The standard InChI is InChI=1S/C19H18FN3O2S/c1-12-4-2-3-5-15(12)22-17(24)10-16-18(25)23-19(26-16)21-11-13-6-8-14(20)9-7-13/h2-9,16H,10-11H2,1H3,(H,22,24)(H,21,23,25)/t16-/m0/s1. The molecule has 3 rings (SSSR count). The number of benzene rings is 2.